The number of piperidine rings is 1. The summed E-state index contributed by atoms with van der Waals surface area (Å²) in [7, 11) is -1.64. The Bertz CT molecular complexity index is 1130. The Morgan fingerprint density at radius 2 is 2.00 bits per heavy atom. The lowest BCUT2D eigenvalue weighted by Gasteiger charge is -2.31. The van der Waals surface area contributed by atoms with Crippen LogP contribution >= 0.6 is 0 Å². The third-order valence-electron chi connectivity index (χ3n) is 5.80. The monoisotopic (exact) mass is 429 g/mol. The third kappa shape index (κ3) is 4.15. The summed E-state index contributed by atoms with van der Waals surface area (Å²) >= 11 is 0. The van der Waals surface area contributed by atoms with Gasteiger partial charge in [0.15, 0.2) is 0 Å². The fourth-order valence-electron chi connectivity index (χ4n) is 4.07. The van der Waals surface area contributed by atoms with Crippen LogP contribution in [0.5, 0.6) is 0 Å². The molecule has 0 saturated carbocycles. The van der Waals surface area contributed by atoms with Crippen LogP contribution < -0.4 is 5.32 Å². The zero-order valence-corrected chi connectivity index (χ0v) is 18.1. The van der Waals surface area contributed by atoms with E-state index >= 15 is 0 Å². The van der Waals surface area contributed by atoms with Gasteiger partial charge in [-0.15, -0.1) is 0 Å². The second kappa shape index (κ2) is 8.28. The summed E-state index contributed by atoms with van der Waals surface area (Å²) in [5.74, 6) is 0.642. The van der Waals surface area contributed by atoms with E-state index in [0.29, 0.717) is 37.2 Å². The van der Waals surface area contributed by atoms with E-state index in [-0.39, 0.29) is 17.9 Å². The number of benzene rings is 1. The van der Waals surface area contributed by atoms with Gasteiger partial charge in [-0.3, -0.25) is 4.79 Å². The van der Waals surface area contributed by atoms with Gasteiger partial charge in [0.1, 0.15) is 5.76 Å². The van der Waals surface area contributed by atoms with Crippen LogP contribution in [0.4, 0.5) is 0 Å². The zero-order chi connectivity index (χ0) is 21.3. The number of nitrogens with one attached hydrogen (secondary N) is 1. The standard InChI is InChI=1S/C22H27N3O4S/c1-16(14-19-4-3-13-29-19)23-22(26)17-8-11-25(12-9-17)30(27,28)20-5-6-21-18(15-20)7-10-24(21)2/h3-7,10,13,15-17H,8-9,11-12,14H2,1-2H3,(H,23,26)/t16-/m0/s1. The molecule has 3 aromatic rings. The molecule has 30 heavy (non-hydrogen) atoms. The topological polar surface area (TPSA) is 84.6 Å². The molecule has 0 spiro atoms. The second-order valence-electron chi connectivity index (χ2n) is 8.02. The average molecular weight is 430 g/mol. The highest BCUT2D eigenvalue weighted by atomic mass is 32.2. The molecule has 1 aliphatic heterocycles. The van der Waals surface area contributed by atoms with E-state index in [1.54, 1.807) is 18.4 Å². The van der Waals surface area contributed by atoms with Gasteiger partial charge in [-0.1, -0.05) is 0 Å². The molecule has 1 N–H and O–H groups in total. The smallest absolute Gasteiger partial charge is 0.243 e. The summed E-state index contributed by atoms with van der Waals surface area (Å²) in [5, 5.41) is 3.93. The molecule has 2 aromatic heterocycles. The lowest BCUT2D eigenvalue weighted by molar-refractivity contribution is -0.126. The molecular weight excluding hydrogens is 402 g/mol. The number of hydrogen-bond donors (Lipinski definition) is 1. The van der Waals surface area contributed by atoms with E-state index in [4.69, 9.17) is 4.42 Å². The summed E-state index contributed by atoms with van der Waals surface area (Å²) < 4.78 is 34.9. The molecule has 1 amide bonds. The molecular formula is C22H27N3O4S. The minimum atomic E-state index is -3.57. The molecule has 0 aliphatic carbocycles. The molecule has 1 aromatic carbocycles. The molecule has 4 rings (SSSR count). The molecule has 160 valence electrons. The van der Waals surface area contributed by atoms with Crippen LogP contribution in [-0.2, 0) is 28.3 Å². The third-order valence-corrected chi connectivity index (χ3v) is 7.69. The lowest BCUT2D eigenvalue weighted by Crippen LogP contribution is -2.45. The van der Waals surface area contributed by atoms with Gasteiger partial charge in [0.2, 0.25) is 15.9 Å². The SMILES string of the molecule is C[C@@H](Cc1ccco1)NC(=O)C1CCN(S(=O)(=O)c2ccc3c(ccn3C)c2)CC1. The van der Waals surface area contributed by atoms with E-state index in [9.17, 15) is 13.2 Å². The highest BCUT2D eigenvalue weighted by Crippen LogP contribution is 2.26. The van der Waals surface area contributed by atoms with Crippen molar-refractivity contribution >= 4 is 26.8 Å². The molecule has 0 radical (unpaired) electrons. The van der Waals surface area contributed by atoms with E-state index in [0.717, 1.165) is 16.7 Å². The summed E-state index contributed by atoms with van der Waals surface area (Å²) in [5.41, 5.74) is 0.994. The number of carbonyl (C=O) groups excluding carboxylic acids is 1. The zero-order valence-electron chi connectivity index (χ0n) is 17.2. The van der Waals surface area contributed by atoms with Crippen LogP contribution in [0.2, 0.25) is 0 Å². The average Bonchev–Trinajstić information content (AvgIpc) is 3.37. The molecule has 1 fully saturated rings. The Morgan fingerprint density at radius 3 is 2.70 bits per heavy atom. The van der Waals surface area contributed by atoms with E-state index < -0.39 is 10.0 Å². The van der Waals surface area contributed by atoms with Crippen molar-refractivity contribution in [2.24, 2.45) is 13.0 Å². The Balaban J connectivity index is 1.36. The van der Waals surface area contributed by atoms with Crippen molar-refractivity contribution in [2.75, 3.05) is 13.1 Å². The maximum absolute atomic E-state index is 13.1. The predicted molar refractivity (Wildman–Crippen MR) is 114 cm³/mol. The number of aromatic nitrogens is 1. The number of rotatable bonds is 6. The minimum absolute atomic E-state index is 0.0168. The van der Waals surface area contributed by atoms with Crippen LogP contribution in [0, 0.1) is 5.92 Å². The lowest BCUT2D eigenvalue weighted by atomic mass is 9.96. The number of nitrogens with zero attached hydrogens (tertiary/aromatic N) is 2. The van der Waals surface area contributed by atoms with Crippen molar-refractivity contribution in [3.05, 3.63) is 54.6 Å². The van der Waals surface area contributed by atoms with Crippen LogP contribution in [0.3, 0.4) is 0 Å². The molecule has 0 unspecified atom stereocenters. The quantitative estimate of drug-likeness (QED) is 0.653. The van der Waals surface area contributed by atoms with Gasteiger partial charge >= 0.3 is 0 Å². The van der Waals surface area contributed by atoms with Crippen LogP contribution in [0.1, 0.15) is 25.5 Å². The second-order valence-corrected chi connectivity index (χ2v) is 9.96. The summed E-state index contributed by atoms with van der Waals surface area (Å²) in [6.07, 6.45) is 5.21. The first-order chi connectivity index (χ1) is 14.3. The van der Waals surface area contributed by atoms with Gasteiger partial charge in [0, 0.05) is 55.6 Å². The number of fused-ring (bicyclic) bond motifs is 1. The minimum Gasteiger partial charge on any atom is -0.469 e. The van der Waals surface area contributed by atoms with E-state index in [1.807, 2.05) is 49.0 Å². The number of furan rings is 1. The van der Waals surface area contributed by atoms with Crippen molar-refractivity contribution in [1.29, 1.82) is 0 Å². The van der Waals surface area contributed by atoms with Crippen molar-refractivity contribution in [1.82, 2.24) is 14.2 Å². The van der Waals surface area contributed by atoms with Crippen molar-refractivity contribution in [3.8, 4) is 0 Å². The predicted octanol–water partition coefficient (Wildman–Crippen LogP) is 2.92. The first kappa shape index (κ1) is 20.7. The Morgan fingerprint density at radius 1 is 1.23 bits per heavy atom. The Labute approximate surface area is 176 Å². The van der Waals surface area contributed by atoms with E-state index in [1.165, 1.54) is 4.31 Å². The van der Waals surface area contributed by atoms with Gasteiger partial charge in [-0.25, -0.2) is 8.42 Å². The van der Waals surface area contributed by atoms with Crippen molar-refractivity contribution in [2.45, 2.75) is 37.1 Å². The van der Waals surface area contributed by atoms with Crippen LogP contribution in [0.25, 0.3) is 10.9 Å². The summed E-state index contributed by atoms with van der Waals surface area (Å²) in [4.78, 5) is 12.9. The Hall–Kier alpha value is -2.58. The first-order valence-electron chi connectivity index (χ1n) is 10.2. The number of carbonyl (C=O) groups is 1. The maximum atomic E-state index is 13.1. The van der Waals surface area contributed by atoms with Gasteiger partial charge in [0.05, 0.1) is 11.2 Å². The van der Waals surface area contributed by atoms with E-state index in [2.05, 4.69) is 5.32 Å². The Kier molecular flexibility index (Phi) is 5.71. The van der Waals surface area contributed by atoms with Crippen LogP contribution in [-0.4, -0.2) is 42.3 Å². The normalized spacial score (nSPS) is 17.3. The molecule has 1 aliphatic rings. The number of hydrogen-bond acceptors (Lipinski definition) is 4. The van der Waals surface area contributed by atoms with Crippen molar-refractivity contribution < 1.29 is 17.6 Å². The van der Waals surface area contributed by atoms with Gasteiger partial charge in [-0.2, -0.15) is 4.31 Å². The molecule has 7 nitrogen and oxygen atoms in total. The molecule has 8 heteroatoms. The largest absolute Gasteiger partial charge is 0.469 e. The molecule has 0 bridgehead atoms. The fourth-order valence-corrected chi connectivity index (χ4v) is 5.58. The number of aryl methyl sites for hydroxylation is 1. The first-order valence-corrected chi connectivity index (χ1v) is 11.7. The fraction of sp³-hybridized carbons (Fsp3) is 0.409. The summed E-state index contributed by atoms with van der Waals surface area (Å²) in [6.45, 7) is 2.64. The highest BCUT2D eigenvalue weighted by molar-refractivity contribution is 7.89. The molecule has 3 heterocycles. The van der Waals surface area contributed by atoms with Crippen LogP contribution in [0.15, 0.2) is 58.2 Å². The van der Waals surface area contributed by atoms with Gasteiger partial charge < -0.3 is 14.3 Å². The molecule has 1 atom stereocenters. The maximum Gasteiger partial charge on any atom is 0.243 e. The highest BCUT2D eigenvalue weighted by Gasteiger charge is 2.32. The summed E-state index contributed by atoms with van der Waals surface area (Å²) in [6, 6.07) is 10.8. The number of amides is 1. The number of sulfonamides is 1. The molecule has 1 saturated heterocycles. The van der Waals surface area contributed by atoms with Gasteiger partial charge in [-0.05, 0) is 56.2 Å². The van der Waals surface area contributed by atoms with Gasteiger partial charge in [0.25, 0.3) is 0 Å². The van der Waals surface area contributed by atoms with Crippen molar-refractivity contribution in [3.63, 3.8) is 0 Å².